The summed E-state index contributed by atoms with van der Waals surface area (Å²) in [6.07, 6.45) is 5.07. The molecule has 0 spiro atoms. The van der Waals surface area contributed by atoms with Crippen molar-refractivity contribution in [2.45, 2.75) is 39.2 Å². The van der Waals surface area contributed by atoms with Crippen molar-refractivity contribution in [2.75, 3.05) is 6.54 Å². The molecule has 2 rings (SSSR count). The Labute approximate surface area is 118 Å². The first-order valence-electron chi connectivity index (χ1n) is 7.01. The molecule has 1 aliphatic carbocycles. The van der Waals surface area contributed by atoms with Crippen molar-refractivity contribution in [3.63, 3.8) is 0 Å². The summed E-state index contributed by atoms with van der Waals surface area (Å²) in [4.78, 5) is 0. The zero-order chi connectivity index (χ0) is 14.6. The monoisotopic (exact) mass is 279 g/mol. The van der Waals surface area contributed by atoms with Crippen LogP contribution in [0.5, 0.6) is 0 Å². The van der Waals surface area contributed by atoms with Crippen LogP contribution in [0.3, 0.4) is 0 Å². The zero-order valence-electron chi connectivity index (χ0n) is 11.8. The highest BCUT2D eigenvalue weighted by Gasteiger charge is 2.27. The number of nitrogens with zero attached hydrogens (tertiary/aromatic N) is 1. The van der Waals surface area contributed by atoms with Gasteiger partial charge in [-0.3, -0.25) is 0 Å². The molecule has 4 N–H and O–H groups in total. The lowest BCUT2D eigenvalue weighted by Gasteiger charge is -2.23. The van der Waals surface area contributed by atoms with E-state index in [0.29, 0.717) is 23.1 Å². The minimum Gasteiger partial charge on any atom is -0.409 e. The first-order valence-corrected chi connectivity index (χ1v) is 7.01. The minimum absolute atomic E-state index is 0.0816. The molecule has 0 aliphatic heterocycles. The first kappa shape index (κ1) is 14.8. The summed E-state index contributed by atoms with van der Waals surface area (Å²) >= 11 is 0. The molecule has 0 radical (unpaired) electrons. The van der Waals surface area contributed by atoms with Crippen molar-refractivity contribution in [1.82, 2.24) is 5.32 Å². The van der Waals surface area contributed by atoms with Gasteiger partial charge in [-0.05, 0) is 24.3 Å². The van der Waals surface area contributed by atoms with Gasteiger partial charge in [0.15, 0.2) is 5.84 Å². The van der Waals surface area contributed by atoms with E-state index in [9.17, 15) is 4.39 Å². The van der Waals surface area contributed by atoms with Crippen LogP contribution < -0.4 is 11.1 Å². The summed E-state index contributed by atoms with van der Waals surface area (Å²) in [7, 11) is 0. The minimum atomic E-state index is -0.335. The van der Waals surface area contributed by atoms with Crippen LogP contribution in [0.1, 0.15) is 43.7 Å². The second-order valence-electron chi connectivity index (χ2n) is 5.91. The predicted molar refractivity (Wildman–Crippen MR) is 77.2 cm³/mol. The molecule has 0 atom stereocenters. The van der Waals surface area contributed by atoms with E-state index in [1.807, 2.05) is 0 Å². The molecule has 1 fully saturated rings. The third-order valence-electron chi connectivity index (χ3n) is 4.13. The maximum atomic E-state index is 13.9. The van der Waals surface area contributed by atoms with Crippen LogP contribution in [-0.2, 0) is 6.54 Å². The van der Waals surface area contributed by atoms with Crippen molar-refractivity contribution in [2.24, 2.45) is 16.3 Å². The molecule has 0 heterocycles. The molecular formula is C15H22FN3O. The van der Waals surface area contributed by atoms with Gasteiger partial charge < -0.3 is 16.3 Å². The Bertz CT molecular complexity index is 496. The molecule has 20 heavy (non-hydrogen) atoms. The van der Waals surface area contributed by atoms with Gasteiger partial charge in [0, 0.05) is 24.2 Å². The van der Waals surface area contributed by atoms with Gasteiger partial charge in [-0.2, -0.15) is 0 Å². The number of amidine groups is 1. The quantitative estimate of drug-likeness (QED) is 0.336. The number of rotatable bonds is 5. The van der Waals surface area contributed by atoms with Crippen LogP contribution in [-0.4, -0.2) is 17.6 Å². The predicted octanol–water partition coefficient (Wildman–Crippen LogP) is 2.59. The molecule has 0 aromatic heterocycles. The summed E-state index contributed by atoms with van der Waals surface area (Å²) in [6, 6.07) is 4.63. The van der Waals surface area contributed by atoms with Gasteiger partial charge in [0.2, 0.25) is 0 Å². The fourth-order valence-corrected chi connectivity index (χ4v) is 2.81. The highest BCUT2D eigenvalue weighted by atomic mass is 19.1. The molecular weight excluding hydrogens is 257 g/mol. The van der Waals surface area contributed by atoms with Gasteiger partial charge in [0.1, 0.15) is 5.82 Å². The third-order valence-corrected chi connectivity index (χ3v) is 4.13. The van der Waals surface area contributed by atoms with Crippen LogP contribution in [0.15, 0.2) is 23.4 Å². The first-order chi connectivity index (χ1) is 9.54. The average molecular weight is 279 g/mol. The molecule has 5 heteroatoms. The maximum absolute atomic E-state index is 13.9. The molecule has 4 nitrogen and oxygen atoms in total. The van der Waals surface area contributed by atoms with Crippen molar-refractivity contribution in [1.29, 1.82) is 0 Å². The second-order valence-corrected chi connectivity index (χ2v) is 5.91. The fourth-order valence-electron chi connectivity index (χ4n) is 2.81. The number of benzene rings is 1. The van der Waals surface area contributed by atoms with Crippen molar-refractivity contribution in [3.05, 3.63) is 35.1 Å². The van der Waals surface area contributed by atoms with E-state index < -0.39 is 0 Å². The lowest BCUT2D eigenvalue weighted by Crippen LogP contribution is -2.29. The van der Waals surface area contributed by atoms with E-state index in [2.05, 4.69) is 17.4 Å². The van der Waals surface area contributed by atoms with Gasteiger partial charge in [-0.25, -0.2) is 4.39 Å². The molecule has 0 unspecified atom stereocenters. The van der Waals surface area contributed by atoms with Gasteiger partial charge >= 0.3 is 0 Å². The summed E-state index contributed by atoms with van der Waals surface area (Å²) in [5.41, 5.74) is 6.77. The highest BCUT2D eigenvalue weighted by Crippen LogP contribution is 2.36. The Morgan fingerprint density at radius 2 is 2.15 bits per heavy atom. The van der Waals surface area contributed by atoms with Gasteiger partial charge in [-0.15, -0.1) is 0 Å². The number of nitrogens with two attached hydrogens (primary N) is 1. The molecule has 0 saturated heterocycles. The van der Waals surface area contributed by atoms with Gasteiger partial charge in [0.05, 0.1) is 0 Å². The van der Waals surface area contributed by atoms with E-state index in [4.69, 9.17) is 10.9 Å². The lowest BCUT2D eigenvalue weighted by atomic mass is 9.89. The maximum Gasteiger partial charge on any atom is 0.170 e. The third kappa shape index (κ3) is 3.48. The molecule has 0 bridgehead atoms. The summed E-state index contributed by atoms with van der Waals surface area (Å²) in [6.45, 7) is 3.69. The second kappa shape index (κ2) is 6.22. The topological polar surface area (TPSA) is 70.6 Å². The lowest BCUT2D eigenvalue weighted by molar-refractivity contribution is 0.314. The standard InChI is InChI=1S/C15H22FN3O/c1-15(6-2-3-7-15)10-18-9-12-5-4-11(8-13(12)16)14(17)19-20/h4-5,8,18,20H,2-3,6-7,9-10H2,1H3,(H2,17,19). The van der Waals surface area contributed by atoms with E-state index in [0.717, 1.165) is 6.54 Å². The van der Waals surface area contributed by atoms with Crippen LogP contribution in [0.25, 0.3) is 0 Å². The number of halogens is 1. The molecule has 1 aromatic carbocycles. The van der Waals surface area contributed by atoms with Crippen LogP contribution in [0, 0.1) is 11.2 Å². The van der Waals surface area contributed by atoms with Gasteiger partial charge in [-0.1, -0.05) is 37.1 Å². The van der Waals surface area contributed by atoms with E-state index in [1.54, 1.807) is 12.1 Å². The van der Waals surface area contributed by atoms with Crippen LogP contribution in [0.4, 0.5) is 4.39 Å². The SMILES string of the molecule is CC1(CNCc2ccc(C(N)=NO)cc2F)CCCC1. The highest BCUT2D eigenvalue weighted by molar-refractivity contribution is 5.97. The van der Waals surface area contributed by atoms with Crippen molar-refractivity contribution >= 4 is 5.84 Å². The zero-order valence-corrected chi connectivity index (χ0v) is 11.8. The van der Waals surface area contributed by atoms with Crippen molar-refractivity contribution in [3.8, 4) is 0 Å². The number of hydrogen-bond acceptors (Lipinski definition) is 3. The summed E-state index contributed by atoms with van der Waals surface area (Å²) in [5.74, 6) is -0.417. The molecule has 1 aromatic rings. The summed E-state index contributed by atoms with van der Waals surface area (Å²) < 4.78 is 13.9. The Morgan fingerprint density at radius 1 is 1.45 bits per heavy atom. The van der Waals surface area contributed by atoms with Crippen LogP contribution >= 0.6 is 0 Å². The molecule has 0 amide bonds. The Morgan fingerprint density at radius 3 is 2.75 bits per heavy atom. The fraction of sp³-hybridized carbons (Fsp3) is 0.533. The van der Waals surface area contributed by atoms with Crippen LogP contribution in [0.2, 0.25) is 0 Å². The van der Waals surface area contributed by atoms with Crippen molar-refractivity contribution < 1.29 is 9.60 Å². The summed E-state index contributed by atoms with van der Waals surface area (Å²) in [5, 5.41) is 14.8. The smallest absolute Gasteiger partial charge is 0.170 e. The number of nitrogens with one attached hydrogen (secondary N) is 1. The Kier molecular flexibility index (Phi) is 4.60. The Hall–Kier alpha value is -1.62. The van der Waals surface area contributed by atoms with E-state index in [1.165, 1.54) is 31.7 Å². The van der Waals surface area contributed by atoms with E-state index >= 15 is 0 Å². The molecule has 1 saturated carbocycles. The molecule has 1 aliphatic rings. The average Bonchev–Trinajstić information content (AvgIpc) is 2.86. The van der Waals surface area contributed by atoms with E-state index in [-0.39, 0.29) is 11.7 Å². The van der Waals surface area contributed by atoms with Gasteiger partial charge in [0.25, 0.3) is 0 Å². The molecule has 110 valence electrons. The number of hydrogen-bond donors (Lipinski definition) is 3. The normalized spacial score (nSPS) is 18.4. The number of oxime groups is 1. The largest absolute Gasteiger partial charge is 0.409 e. The Balaban J connectivity index is 1.93.